The first-order valence-corrected chi connectivity index (χ1v) is 8.84. The summed E-state index contributed by atoms with van der Waals surface area (Å²) in [6.45, 7) is 3.45. The Morgan fingerprint density at radius 2 is 1.86 bits per heavy atom. The number of rotatable bonds is 7. The molecule has 0 bridgehead atoms. The van der Waals surface area contributed by atoms with Gasteiger partial charge in [-0.25, -0.2) is 4.79 Å². The van der Waals surface area contributed by atoms with Gasteiger partial charge in [-0.15, -0.1) is 0 Å². The number of nitrogens with zero attached hydrogens (tertiary/aromatic N) is 1. The number of carbonyl (C=O) groups is 2. The smallest absolute Gasteiger partial charge is 0.341 e. The van der Waals surface area contributed by atoms with Crippen LogP contribution in [0.15, 0.2) is 54.6 Å². The van der Waals surface area contributed by atoms with E-state index in [-0.39, 0.29) is 18.6 Å². The molecular formula is C21H21N3O4. The van der Waals surface area contributed by atoms with Crippen LogP contribution in [-0.4, -0.2) is 39.8 Å². The van der Waals surface area contributed by atoms with Crippen molar-refractivity contribution in [2.75, 3.05) is 6.61 Å². The first kappa shape index (κ1) is 19.2. The summed E-state index contributed by atoms with van der Waals surface area (Å²) in [6.07, 6.45) is 0. The van der Waals surface area contributed by atoms with Crippen LogP contribution >= 0.6 is 0 Å². The van der Waals surface area contributed by atoms with Gasteiger partial charge in [-0.2, -0.15) is 5.10 Å². The van der Waals surface area contributed by atoms with Gasteiger partial charge < -0.3 is 15.2 Å². The van der Waals surface area contributed by atoms with Crippen molar-refractivity contribution in [2.24, 2.45) is 0 Å². The summed E-state index contributed by atoms with van der Waals surface area (Å²) in [5, 5.41) is 18.9. The Morgan fingerprint density at radius 1 is 1.11 bits per heavy atom. The lowest BCUT2D eigenvalue weighted by Gasteiger charge is -2.08. The van der Waals surface area contributed by atoms with Crippen molar-refractivity contribution in [3.63, 3.8) is 0 Å². The highest BCUT2D eigenvalue weighted by Crippen LogP contribution is 2.26. The minimum absolute atomic E-state index is 0.0654. The van der Waals surface area contributed by atoms with E-state index in [2.05, 4.69) is 15.5 Å². The highest BCUT2D eigenvalue weighted by molar-refractivity contribution is 5.95. The number of hydrogen-bond donors (Lipinski definition) is 3. The number of nitrogens with one attached hydrogen (secondary N) is 2. The molecule has 0 saturated carbocycles. The van der Waals surface area contributed by atoms with E-state index in [1.165, 1.54) is 0 Å². The van der Waals surface area contributed by atoms with E-state index in [1.54, 1.807) is 24.3 Å². The topological polar surface area (TPSA) is 104 Å². The number of benzene rings is 2. The molecule has 0 aliphatic rings. The molecule has 0 unspecified atom stereocenters. The maximum Gasteiger partial charge on any atom is 0.341 e. The molecule has 7 heteroatoms. The zero-order chi connectivity index (χ0) is 20.1. The van der Waals surface area contributed by atoms with Crippen molar-refractivity contribution in [3.8, 4) is 28.3 Å². The maximum absolute atomic E-state index is 12.2. The van der Waals surface area contributed by atoms with E-state index < -0.39 is 5.97 Å². The second-order valence-electron chi connectivity index (χ2n) is 6.58. The van der Waals surface area contributed by atoms with Crippen LogP contribution in [0.25, 0.3) is 22.5 Å². The zero-order valence-corrected chi connectivity index (χ0v) is 15.6. The maximum atomic E-state index is 12.2. The van der Waals surface area contributed by atoms with Gasteiger partial charge in [-0.1, -0.05) is 12.1 Å². The van der Waals surface area contributed by atoms with Crippen LogP contribution in [0.2, 0.25) is 0 Å². The SMILES string of the molecule is CC(C)NC(=O)c1cccc(-c2cc(-c3ccc(OCC(=O)O)cc3)[nH]n2)c1. The lowest BCUT2D eigenvalue weighted by Crippen LogP contribution is -2.30. The first-order chi connectivity index (χ1) is 13.4. The van der Waals surface area contributed by atoms with Crippen molar-refractivity contribution in [3.05, 3.63) is 60.2 Å². The standard InChI is InChI=1S/C21H21N3O4/c1-13(2)22-21(27)16-5-3-4-15(10-16)19-11-18(23-24-19)14-6-8-17(9-7-14)28-12-20(25)26/h3-11,13H,12H2,1-2H3,(H,22,27)(H,23,24)(H,25,26). The quantitative estimate of drug-likeness (QED) is 0.584. The van der Waals surface area contributed by atoms with Crippen LogP contribution < -0.4 is 10.1 Å². The Hall–Kier alpha value is -3.61. The number of carbonyl (C=O) groups excluding carboxylic acids is 1. The van der Waals surface area contributed by atoms with E-state index in [4.69, 9.17) is 9.84 Å². The molecule has 2 aromatic carbocycles. The van der Waals surface area contributed by atoms with Crippen molar-refractivity contribution >= 4 is 11.9 Å². The second-order valence-corrected chi connectivity index (χ2v) is 6.58. The molecule has 7 nitrogen and oxygen atoms in total. The Morgan fingerprint density at radius 3 is 2.54 bits per heavy atom. The van der Waals surface area contributed by atoms with Crippen molar-refractivity contribution in [1.29, 1.82) is 0 Å². The van der Waals surface area contributed by atoms with E-state index in [0.29, 0.717) is 11.3 Å². The largest absolute Gasteiger partial charge is 0.482 e. The van der Waals surface area contributed by atoms with Gasteiger partial charge in [0.25, 0.3) is 5.91 Å². The predicted molar refractivity (Wildman–Crippen MR) is 105 cm³/mol. The molecule has 0 radical (unpaired) electrons. The fraction of sp³-hybridized carbons (Fsp3) is 0.190. The summed E-state index contributed by atoms with van der Waals surface area (Å²) in [4.78, 5) is 22.8. The molecule has 1 amide bonds. The molecule has 3 N–H and O–H groups in total. The lowest BCUT2D eigenvalue weighted by atomic mass is 10.1. The molecular weight excluding hydrogens is 358 g/mol. The Balaban J connectivity index is 1.77. The third-order valence-electron chi connectivity index (χ3n) is 3.95. The number of carboxylic acids is 1. The van der Waals surface area contributed by atoms with Crippen molar-refractivity contribution < 1.29 is 19.4 Å². The predicted octanol–water partition coefficient (Wildman–Crippen LogP) is 3.35. The average Bonchev–Trinajstić information content (AvgIpc) is 3.16. The average molecular weight is 379 g/mol. The fourth-order valence-electron chi connectivity index (χ4n) is 2.66. The molecule has 3 rings (SSSR count). The van der Waals surface area contributed by atoms with Gasteiger partial charge in [0.15, 0.2) is 6.61 Å². The number of aromatic amines is 1. The van der Waals surface area contributed by atoms with Gasteiger partial charge in [-0.3, -0.25) is 9.89 Å². The van der Waals surface area contributed by atoms with Crippen molar-refractivity contribution in [2.45, 2.75) is 19.9 Å². The third kappa shape index (κ3) is 4.76. The number of aliphatic carboxylic acids is 1. The molecule has 1 heterocycles. The Labute approximate surface area is 162 Å². The van der Waals surface area contributed by atoms with Crippen LogP contribution in [0.3, 0.4) is 0 Å². The molecule has 0 atom stereocenters. The normalized spacial score (nSPS) is 10.7. The number of hydrogen-bond acceptors (Lipinski definition) is 4. The van der Waals surface area contributed by atoms with E-state index in [9.17, 15) is 9.59 Å². The van der Waals surface area contributed by atoms with Crippen LogP contribution in [0.4, 0.5) is 0 Å². The van der Waals surface area contributed by atoms with Gasteiger partial charge in [0.2, 0.25) is 0 Å². The number of H-pyrrole nitrogens is 1. The molecule has 144 valence electrons. The number of aromatic nitrogens is 2. The molecule has 0 saturated heterocycles. The third-order valence-corrected chi connectivity index (χ3v) is 3.95. The Bertz CT molecular complexity index is 977. The van der Waals surface area contributed by atoms with Crippen LogP contribution in [-0.2, 0) is 4.79 Å². The molecule has 0 aliphatic heterocycles. The first-order valence-electron chi connectivity index (χ1n) is 8.84. The monoisotopic (exact) mass is 379 g/mol. The molecule has 28 heavy (non-hydrogen) atoms. The summed E-state index contributed by atoms with van der Waals surface area (Å²) in [5.74, 6) is -0.661. The Kier molecular flexibility index (Phi) is 5.74. The summed E-state index contributed by atoms with van der Waals surface area (Å²) >= 11 is 0. The lowest BCUT2D eigenvalue weighted by molar-refractivity contribution is -0.139. The summed E-state index contributed by atoms with van der Waals surface area (Å²) in [7, 11) is 0. The van der Waals surface area contributed by atoms with Crippen molar-refractivity contribution in [1.82, 2.24) is 15.5 Å². The summed E-state index contributed by atoms with van der Waals surface area (Å²) in [6, 6.07) is 16.3. The van der Waals surface area contributed by atoms with Gasteiger partial charge in [0, 0.05) is 17.2 Å². The minimum atomic E-state index is -1.02. The molecule has 3 aromatic rings. The number of amides is 1. The zero-order valence-electron chi connectivity index (χ0n) is 15.6. The van der Waals surface area contributed by atoms with Crippen LogP contribution in [0, 0.1) is 0 Å². The minimum Gasteiger partial charge on any atom is -0.482 e. The summed E-state index contributed by atoms with van der Waals surface area (Å²) < 4.78 is 5.13. The number of ether oxygens (including phenoxy) is 1. The van der Waals surface area contributed by atoms with Crippen LogP contribution in [0.1, 0.15) is 24.2 Å². The highest BCUT2D eigenvalue weighted by atomic mass is 16.5. The van der Waals surface area contributed by atoms with Gasteiger partial charge >= 0.3 is 5.97 Å². The van der Waals surface area contributed by atoms with Crippen LogP contribution in [0.5, 0.6) is 5.75 Å². The van der Waals surface area contributed by atoms with Gasteiger partial charge in [0.05, 0.1) is 11.4 Å². The molecule has 0 spiro atoms. The summed E-state index contributed by atoms with van der Waals surface area (Å²) in [5.41, 5.74) is 3.82. The molecule has 0 aliphatic carbocycles. The highest BCUT2D eigenvalue weighted by Gasteiger charge is 2.11. The number of carboxylic acid groups (broad SMARTS) is 1. The molecule has 0 fully saturated rings. The molecule has 1 aromatic heterocycles. The second kappa shape index (κ2) is 8.39. The van der Waals surface area contributed by atoms with Gasteiger partial charge in [0.1, 0.15) is 5.75 Å². The van der Waals surface area contributed by atoms with E-state index in [1.807, 2.05) is 44.2 Å². The fourth-order valence-corrected chi connectivity index (χ4v) is 2.66. The van der Waals surface area contributed by atoms with Gasteiger partial charge in [-0.05, 0) is 61.9 Å². The van der Waals surface area contributed by atoms with E-state index in [0.717, 1.165) is 22.5 Å². The van der Waals surface area contributed by atoms with E-state index >= 15 is 0 Å².